The van der Waals surface area contributed by atoms with E-state index in [1.165, 1.54) is 11.7 Å². The highest BCUT2D eigenvalue weighted by atomic mass is 32.1. The van der Waals surface area contributed by atoms with Crippen molar-refractivity contribution in [1.82, 2.24) is 13.8 Å². The highest BCUT2D eigenvalue weighted by Crippen LogP contribution is 2.31. The molecule has 10 heteroatoms. The molecule has 0 aliphatic carbocycles. The molecule has 3 aromatic heterocycles. The van der Waals surface area contributed by atoms with Gasteiger partial charge in [-0.25, -0.2) is 4.79 Å². The Morgan fingerprint density at radius 1 is 0.860 bits per heavy atom. The summed E-state index contributed by atoms with van der Waals surface area (Å²) in [5, 5.41) is 0.598. The molecule has 0 spiro atoms. The molecule has 214 valence electrons. The summed E-state index contributed by atoms with van der Waals surface area (Å²) in [6.45, 7) is 0.676. The van der Waals surface area contributed by atoms with Crippen LogP contribution in [0.2, 0.25) is 0 Å². The Kier molecular flexibility index (Phi) is 8.37. The molecule has 0 bridgehead atoms. The van der Waals surface area contributed by atoms with E-state index in [4.69, 9.17) is 9.21 Å². The minimum absolute atomic E-state index is 0.0836. The number of fused-ring (bicyclic) bond motifs is 1. The van der Waals surface area contributed by atoms with E-state index in [2.05, 4.69) is 50.0 Å². The fourth-order valence-corrected chi connectivity index (χ4v) is 5.66. The maximum Gasteiger partial charge on any atom is 0.333 e. The normalized spacial score (nSPS) is 13.3. The van der Waals surface area contributed by atoms with E-state index in [1.807, 2.05) is 67.0 Å². The molecule has 2 amide bonds. The molecule has 1 fully saturated rings. The fraction of sp³-hybridized carbons (Fsp3) is 0.182. The van der Waals surface area contributed by atoms with Gasteiger partial charge in [0.1, 0.15) is 12.1 Å². The lowest BCUT2D eigenvalue weighted by Crippen LogP contribution is -2.37. The first kappa shape index (κ1) is 28.0. The van der Waals surface area contributed by atoms with E-state index in [1.54, 1.807) is 0 Å². The SMILES string of the molecule is O=C(CCCC[n+]1ccccc1/C=C/[n+]1cc(-c2ccccc2)c2nsnc2c1-c1ccccc1)ON1C(=O)CCC1=O. The number of carbonyl (C=O) groups excluding carboxylic acids is 3. The van der Waals surface area contributed by atoms with Crippen LogP contribution in [0.3, 0.4) is 0 Å². The average Bonchev–Trinajstić information content (AvgIpc) is 3.65. The van der Waals surface area contributed by atoms with E-state index in [0.717, 1.165) is 39.1 Å². The number of hydroxylamine groups is 2. The van der Waals surface area contributed by atoms with E-state index in [9.17, 15) is 14.4 Å². The second kappa shape index (κ2) is 12.8. The number of imide groups is 1. The van der Waals surface area contributed by atoms with Gasteiger partial charge in [-0.2, -0.15) is 17.9 Å². The van der Waals surface area contributed by atoms with Crippen molar-refractivity contribution in [3.8, 4) is 22.4 Å². The summed E-state index contributed by atoms with van der Waals surface area (Å²) in [5.41, 5.74) is 6.75. The molecule has 2 aromatic carbocycles. The lowest BCUT2D eigenvalue weighted by Gasteiger charge is -2.12. The van der Waals surface area contributed by atoms with E-state index >= 15 is 0 Å². The Morgan fingerprint density at radius 2 is 1.53 bits per heavy atom. The number of unbranched alkanes of at least 4 members (excludes halogenated alkanes) is 1. The number of benzene rings is 2. The molecule has 1 saturated heterocycles. The molecule has 1 aliphatic heterocycles. The maximum absolute atomic E-state index is 12.2. The maximum atomic E-state index is 12.2. The van der Waals surface area contributed by atoms with Crippen LogP contribution in [0.4, 0.5) is 0 Å². The van der Waals surface area contributed by atoms with Crippen molar-refractivity contribution in [3.05, 3.63) is 97.0 Å². The minimum atomic E-state index is -0.576. The van der Waals surface area contributed by atoms with Gasteiger partial charge in [0.05, 0.1) is 23.4 Å². The Balaban J connectivity index is 1.24. The summed E-state index contributed by atoms with van der Waals surface area (Å²) < 4.78 is 13.6. The van der Waals surface area contributed by atoms with Crippen molar-refractivity contribution in [1.29, 1.82) is 0 Å². The zero-order valence-electron chi connectivity index (χ0n) is 23.3. The average molecular weight is 592 g/mol. The highest BCUT2D eigenvalue weighted by Gasteiger charge is 2.32. The fourth-order valence-electron chi connectivity index (χ4n) is 5.09. The highest BCUT2D eigenvalue weighted by molar-refractivity contribution is 7.00. The number of amides is 2. The number of hydrogen-bond acceptors (Lipinski definition) is 7. The van der Waals surface area contributed by atoms with Gasteiger partial charge >= 0.3 is 5.97 Å². The number of nitrogens with zero attached hydrogens (tertiary/aromatic N) is 5. The Hall–Kier alpha value is -5.09. The van der Waals surface area contributed by atoms with Crippen LogP contribution in [0.15, 0.2) is 91.3 Å². The summed E-state index contributed by atoms with van der Waals surface area (Å²) >= 11 is 1.21. The molecular weight excluding hydrogens is 562 g/mol. The van der Waals surface area contributed by atoms with Crippen molar-refractivity contribution in [2.45, 2.75) is 38.6 Å². The van der Waals surface area contributed by atoms with Crippen LogP contribution >= 0.6 is 11.7 Å². The van der Waals surface area contributed by atoms with Crippen LogP contribution in [0.1, 0.15) is 37.8 Å². The van der Waals surface area contributed by atoms with E-state index in [-0.39, 0.29) is 19.3 Å². The van der Waals surface area contributed by atoms with Crippen molar-refractivity contribution >= 4 is 52.8 Å². The summed E-state index contributed by atoms with van der Waals surface area (Å²) in [6.07, 6.45) is 9.77. The van der Waals surface area contributed by atoms with Crippen LogP contribution < -0.4 is 9.13 Å². The monoisotopic (exact) mass is 591 g/mol. The number of rotatable bonds is 10. The van der Waals surface area contributed by atoms with Gasteiger partial charge in [0, 0.05) is 43.4 Å². The zero-order valence-corrected chi connectivity index (χ0v) is 24.2. The Bertz CT molecular complexity index is 1810. The van der Waals surface area contributed by atoms with Crippen LogP contribution in [0.5, 0.6) is 0 Å². The molecule has 0 atom stereocenters. The molecule has 0 saturated carbocycles. The minimum Gasteiger partial charge on any atom is -0.330 e. The summed E-state index contributed by atoms with van der Waals surface area (Å²) in [5.74, 6) is -1.51. The molecule has 4 heterocycles. The number of carbonyl (C=O) groups is 3. The first-order valence-corrected chi connectivity index (χ1v) is 14.9. The van der Waals surface area contributed by atoms with Gasteiger partial charge in [-0.3, -0.25) is 9.59 Å². The number of aryl methyl sites for hydroxylation is 1. The molecule has 5 aromatic rings. The number of aromatic nitrogens is 4. The summed E-state index contributed by atoms with van der Waals surface area (Å²) in [6, 6.07) is 26.4. The standard InChI is InChI=1S/C33H29N5O4S/c39-28-17-18-29(40)38(28)42-30(41)16-8-10-21-36-20-9-7-15-26(36)19-22-37-23-27(24-11-3-1-4-12-24)31-32(35-43-34-31)33(37)25-13-5-2-6-14-25/h1-7,9,11-15,19-20,22-23H,8,10,16-18,21H2/q+2/b22-19+. The quantitative estimate of drug-likeness (QED) is 0.129. The van der Waals surface area contributed by atoms with E-state index in [0.29, 0.717) is 24.4 Å². The second-order valence-electron chi connectivity index (χ2n) is 10.1. The van der Waals surface area contributed by atoms with Crippen LogP contribution in [-0.2, 0) is 25.8 Å². The molecule has 9 nitrogen and oxygen atoms in total. The van der Waals surface area contributed by atoms with Crippen LogP contribution in [-0.4, -0.2) is 31.6 Å². The van der Waals surface area contributed by atoms with Gasteiger partial charge in [-0.15, -0.1) is 5.06 Å². The topological polar surface area (TPSA) is 97.2 Å². The molecule has 43 heavy (non-hydrogen) atoms. The molecule has 6 rings (SSSR count). The van der Waals surface area contributed by atoms with Gasteiger partial charge in [0.2, 0.25) is 11.4 Å². The van der Waals surface area contributed by atoms with E-state index < -0.39 is 17.8 Å². The van der Waals surface area contributed by atoms with Gasteiger partial charge in [0.25, 0.3) is 11.8 Å². The summed E-state index contributed by atoms with van der Waals surface area (Å²) in [7, 11) is 0. The Morgan fingerprint density at radius 3 is 2.28 bits per heavy atom. The van der Waals surface area contributed by atoms with Crippen molar-refractivity contribution in [2.24, 2.45) is 0 Å². The predicted molar refractivity (Wildman–Crippen MR) is 161 cm³/mol. The van der Waals surface area contributed by atoms with Gasteiger partial charge < -0.3 is 4.84 Å². The van der Waals surface area contributed by atoms with Crippen molar-refractivity contribution in [3.63, 3.8) is 0 Å². The smallest absolute Gasteiger partial charge is 0.330 e. The van der Waals surface area contributed by atoms with Gasteiger partial charge in [-0.1, -0.05) is 48.5 Å². The van der Waals surface area contributed by atoms with Crippen LogP contribution in [0.25, 0.3) is 45.7 Å². The number of hydrogen-bond donors (Lipinski definition) is 0. The van der Waals surface area contributed by atoms with Crippen molar-refractivity contribution < 1.29 is 28.4 Å². The third-order valence-electron chi connectivity index (χ3n) is 7.24. The van der Waals surface area contributed by atoms with Crippen molar-refractivity contribution in [2.75, 3.05) is 0 Å². The number of pyridine rings is 2. The predicted octanol–water partition coefficient (Wildman–Crippen LogP) is 5.01. The lowest BCUT2D eigenvalue weighted by molar-refractivity contribution is -0.699. The van der Waals surface area contributed by atoms with Gasteiger partial charge in [-0.05, 0) is 30.2 Å². The largest absolute Gasteiger partial charge is 0.333 e. The third-order valence-corrected chi connectivity index (χ3v) is 7.77. The molecule has 1 aliphatic rings. The molecular formula is C33H29N5O4S+2. The zero-order chi connectivity index (χ0) is 29.6. The molecule has 0 unspecified atom stereocenters. The first-order chi connectivity index (χ1) is 21.1. The summed E-state index contributed by atoms with van der Waals surface area (Å²) in [4.78, 5) is 40.5. The second-order valence-corrected chi connectivity index (χ2v) is 10.7. The lowest BCUT2D eigenvalue weighted by atomic mass is 10.0. The molecule has 0 N–H and O–H groups in total. The third kappa shape index (κ3) is 6.24. The van der Waals surface area contributed by atoms with Gasteiger partial charge in [0.15, 0.2) is 24.1 Å². The first-order valence-electron chi connectivity index (χ1n) is 14.1. The van der Waals surface area contributed by atoms with Crippen LogP contribution in [0, 0.1) is 0 Å². The molecule has 0 radical (unpaired) electrons. The Labute approximate surface area is 252 Å².